The highest BCUT2D eigenvalue weighted by Crippen LogP contribution is 2.40. The second kappa shape index (κ2) is 5.66. The van der Waals surface area contributed by atoms with E-state index in [1.54, 1.807) is 6.07 Å². The molecular weight excluding hydrogens is 339 g/mol. The molecule has 0 spiro atoms. The SMILES string of the molecule is COc1cc2sc(OC(=O)CC=O)cc2c(F)c1Br. The monoisotopic (exact) mass is 346 g/mol. The molecular formula is C12H8BrFO4S. The second-order valence-corrected chi connectivity index (χ2v) is 5.37. The van der Waals surface area contributed by atoms with Crippen molar-refractivity contribution in [2.45, 2.75) is 6.42 Å². The zero-order valence-electron chi connectivity index (χ0n) is 9.74. The van der Waals surface area contributed by atoms with E-state index in [4.69, 9.17) is 9.47 Å². The molecule has 0 aliphatic heterocycles. The van der Waals surface area contributed by atoms with Gasteiger partial charge in [-0.3, -0.25) is 4.79 Å². The first-order valence-corrected chi connectivity index (χ1v) is 6.77. The molecule has 1 aromatic heterocycles. The predicted molar refractivity (Wildman–Crippen MR) is 72.4 cm³/mol. The van der Waals surface area contributed by atoms with Crippen molar-refractivity contribution in [2.24, 2.45) is 0 Å². The summed E-state index contributed by atoms with van der Waals surface area (Å²) in [7, 11) is 1.43. The Balaban J connectivity index is 2.43. The number of rotatable bonds is 4. The van der Waals surface area contributed by atoms with Crippen LogP contribution in [0.25, 0.3) is 10.1 Å². The fourth-order valence-corrected chi connectivity index (χ4v) is 2.93. The van der Waals surface area contributed by atoms with Gasteiger partial charge in [0.05, 0.1) is 11.6 Å². The van der Waals surface area contributed by atoms with Crippen LogP contribution in [-0.4, -0.2) is 19.4 Å². The van der Waals surface area contributed by atoms with Crippen molar-refractivity contribution in [1.29, 1.82) is 0 Å². The lowest BCUT2D eigenvalue weighted by Gasteiger charge is -2.04. The minimum atomic E-state index is -0.673. The van der Waals surface area contributed by atoms with E-state index in [-0.39, 0.29) is 16.0 Å². The zero-order chi connectivity index (χ0) is 14.0. The Bertz CT molecular complexity index is 653. The van der Waals surface area contributed by atoms with Crippen molar-refractivity contribution in [3.8, 4) is 10.8 Å². The molecule has 0 N–H and O–H groups in total. The minimum Gasteiger partial charge on any atom is -0.495 e. The van der Waals surface area contributed by atoms with Crippen LogP contribution in [0, 0.1) is 5.82 Å². The van der Waals surface area contributed by atoms with Crippen LogP contribution in [-0.2, 0) is 9.59 Å². The molecule has 100 valence electrons. The molecule has 7 heteroatoms. The van der Waals surface area contributed by atoms with Crippen LogP contribution >= 0.6 is 27.3 Å². The Morgan fingerprint density at radius 1 is 1.53 bits per heavy atom. The molecule has 0 aliphatic rings. The maximum absolute atomic E-state index is 14.0. The third-order valence-corrected chi connectivity index (χ3v) is 4.03. The number of aldehydes is 1. The summed E-state index contributed by atoms with van der Waals surface area (Å²) < 4.78 is 24.8. The van der Waals surface area contributed by atoms with Crippen LogP contribution in [0.5, 0.6) is 10.8 Å². The Labute approximate surface area is 120 Å². The highest BCUT2D eigenvalue weighted by Gasteiger charge is 2.16. The number of methoxy groups -OCH3 is 1. The molecule has 19 heavy (non-hydrogen) atoms. The molecule has 0 aliphatic carbocycles. The molecule has 0 saturated heterocycles. The highest BCUT2D eigenvalue weighted by molar-refractivity contribution is 9.10. The molecule has 0 atom stereocenters. The maximum atomic E-state index is 14.0. The van der Waals surface area contributed by atoms with Gasteiger partial charge in [0.25, 0.3) is 0 Å². The molecule has 0 unspecified atom stereocenters. The van der Waals surface area contributed by atoms with Gasteiger partial charge in [0.2, 0.25) is 0 Å². The van der Waals surface area contributed by atoms with Gasteiger partial charge in [0.15, 0.2) is 5.06 Å². The number of thiophene rings is 1. The predicted octanol–water partition coefficient (Wildman–Crippen LogP) is 3.31. The number of esters is 1. The minimum absolute atomic E-state index is 0.214. The first kappa shape index (κ1) is 14.0. The largest absolute Gasteiger partial charge is 0.495 e. The molecule has 0 saturated carbocycles. The van der Waals surface area contributed by atoms with E-state index in [0.29, 0.717) is 22.1 Å². The van der Waals surface area contributed by atoms with Crippen LogP contribution < -0.4 is 9.47 Å². The van der Waals surface area contributed by atoms with Gasteiger partial charge < -0.3 is 14.3 Å². The van der Waals surface area contributed by atoms with E-state index in [0.717, 1.165) is 11.3 Å². The molecule has 0 bridgehead atoms. The molecule has 2 aromatic rings. The van der Waals surface area contributed by atoms with E-state index >= 15 is 0 Å². The van der Waals surface area contributed by atoms with Crippen LogP contribution in [0.2, 0.25) is 0 Å². The Kier molecular flexibility index (Phi) is 4.16. The van der Waals surface area contributed by atoms with E-state index in [1.165, 1.54) is 13.2 Å². The van der Waals surface area contributed by atoms with Crippen molar-refractivity contribution >= 4 is 49.6 Å². The number of hydrogen-bond donors (Lipinski definition) is 0. The Morgan fingerprint density at radius 2 is 2.26 bits per heavy atom. The molecule has 4 nitrogen and oxygen atoms in total. The first-order chi connectivity index (χ1) is 9.06. The van der Waals surface area contributed by atoms with Crippen LogP contribution in [0.1, 0.15) is 6.42 Å². The molecule has 0 fully saturated rings. The van der Waals surface area contributed by atoms with Gasteiger partial charge in [-0.25, -0.2) is 4.39 Å². The van der Waals surface area contributed by atoms with Crippen molar-refractivity contribution in [3.05, 3.63) is 22.4 Å². The van der Waals surface area contributed by atoms with Gasteiger partial charge in [0.1, 0.15) is 24.3 Å². The van der Waals surface area contributed by atoms with E-state index in [9.17, 15) is 14.0 Å². The van der Waals surface area contributed by atoms with E-state index < -0.39 is 11.8 Å². The quantitative estimate of drug-likeness (QED) is 0.484. The standard InChI is InChI=1S/C12H8BrFO4S/c1-17-7-5-8-6(12(14)11(7)13)4-10(19-8)18-9(16)2-3-15/h3-5H,2H2,1H3. The van der Waals surface area contributed by atoms with Crippen LogP contribution in [0.15, 0.2) is 16.6 Å². The fraction of sp³-hybridized carbons (Fsp3) is 0.167. The average Bonchev–Trinajstić information content (AvgIpc) is 2.76. The molecule has 0 radical (unpaired) electrons. The van der Waals surface area contributed by atoms with Crippen molar-refractivity contribution in [2.75, 3.05) is 7.11 Å². The van der Waals surface area contributed by atoms with Crippen LogP contribution in [0.4, 0.5) is 4.39 Å². The van der Waals surface area contributed by atoms with Crippen molar-refractivity contribution < 1.29 is 23.5 Å². The maximum Gasteiger partial charge on any atom is 0.319 e. The number of ether oxygens (including phenoxy) is 2. The molecule has 1 heterocycles. The number of halogens is 2. The molecule has 0 amide bonds. The molecule has 1 aromatic carbocycles. The zero-order valence-corrected chi connectivity index (χ0v) is 12.1. The van der Waals surface area contributed by atoms with Gasteiger partial charge >= 0.3 is 5.97 Å². The summed E-state index contributed by atoms with van der Waals surface area (Å²) in [5.41, 5.74) is 0. The number of carbonyl (C=O) groups excluding carboxylic acids is 2. The normalized spacial score (nSPS) is 10.5. The van der Waals surface area contributed by atoms with E-state index in [1.807, 2.05) is 0 Å². The molecule has 2 rings (SSSR count). The number of benzene rings is 1. The second-order valence-electron chi connectivity index (χ2n) is 3.53. The lowest BCUT2D eigenvalue weighted by molar-refractivity contribution is -0.135. The first-order valence-electron chi connectivity index (χ1n) is 5.16. The summed E-state index contributed by atoms with van der Waals surface area (Å²) in [6.45, 7) is 0. The summed E-state index contributed by atoms with van der Waals surface area (Å²) in [4.78, 5) is 21.4. The summed E-state index contributed by atoms with van der Waals surface area (Å²) in [5, 5.41) is 0.562. The summed E-state index contributed by atoms with van der Waals surface area (Å²) in [6.07, 6.45) is 0.125. The number of carbonyl (C=O) groups is 2. The number of hydrogen-bond acceptors (Lipinski definition) is 5. The lowest BCUT2D eigenvalue weighted by atomic mass is 10.2. The summed E-state index contributed by atoms with van der Waals surface area (Å²) in [5.74, 6) is -0.797. The van der Waals surface area contributed by atoms with Gasteiger partial charge in [-0.2, -0.15) is 0 Å². The van der Waals surface area contributed by atoms with Gasteiger partial charge in [0, 0.05) is 16.2 Å². The van der Waals surface area contributed by atoms with Crippen molar-refractivity contribution in [3.63, 3.8) is 0 Å². The smallest absolute Gasteiger partial charge is 0.319 e. The Hall–Kier alpha value is -1.47. The van der Waals surface area contributed by atoms with Crippen molar-refractivity contribution in [1.82, 2.24) is 0 Å². The topological polar surface area (TPSA) is 52.6 Å². The number of fused-ring (bicyclic) bond motifs is 1. The summed E-state index contributed by atoms with van der Waals surface area (Å²) in [6, 6.07) is 3.06. The van der Waals surface area contributed by atoms with Gasteiger partial charge in [-0.1, -0.05) is 11.3 Å². The van der Waals surface area contributed by atoms with Crippen LogP contribution in [0.3, 0.4) is 0 Å². The summed E-state index contributed by atoms with van der Waals surface area (Å²) >= 11 is 4.20. The third-order valence-electron chi connectivity index (χ3n) is 2.33. The van der Waals surface area contributed by atoms with E-state index in [2.05, 4.69) is 15.9 Å². The lowest BCUT2D eigenvalue weighted by Crippen LogP contribution is -2.06. The van der Waals surface area contributed by atoms with Gasteiger partial charge in [-0.05, 0) is 22.0 Å². The highest BCUT2D eigenvalue weighted by atomic mass is 79.9. The third kappa shape index (κ3) is 2.76. The Morgan fingerprint density at radius 3 is 2.89 bits per heavy atom. The fourth-order valence-electron chi connectivity index (χ4n) is 1.49. The van der Waals surface area contributed by atoms with Gasteiger partial charge in [-0.15, -0.1) is 0 Å². The average molecular weight is 347 g/mol.